The number of rotatable bonds is 5. The Morgan fingerprint density at radius 2 is 1.95 bits per heavy atom. The number of alkyl halides is 3. The molecule has 0 saturated heterocycles. The van der Waals surface area contributed by atoms with Gasteiger partial charge in [0, 0.05) is 6.20 Å². The van der Waals surface area contributed by atoms with Crippen LogP contribution in [0.1, 0.15) is 23.1 Å². The second-order valence-electron chi connectivity index (χ2n) is 4.85. The van der Waals surface area contributed by atoms with E-state index in [-0.39, 0.29) is 0 Å². The van der Waals surface area contributed by atoms with Gasteiger partial charge in [0.2, 0.25) is 0 Å². The molecule has 5 heteroatoms. The number of aromatic nitrogens is 1. The average molecular weight is 295 g/mol. The van der Waals surface area contributed by atoms with Gasteiger partial charge >= 0.3 is 6.18 Å². The molecule has 0 unspecified atom stereocenters. The van der Waals surface area contributed by atoms with Gasteiger partial charge in [0.05, 0.1) is 18.4 Å². The van der Waals surface area contributed by atoms with Crippen molar-refractivity contribution in [2.45, 2.75) is 25.9 Å². The van der Waals surface area contributed by atoms with Gasteiger partial charge in [0.25, 0.3) is 0 Å². The van der Waals surface area contributed by atoms with Crippen LogP contribution in [0, 0.1) is 6.92 Å². The zero-order valence-corrected chi connectivity index (χ0v) is 11.7. The van der Waals surface area contributed by atoms with Crippen LogP contribution in [0.3, 0.4) is 0 Å². The van der Waals surface area contributed by atoms with Gasteiger partial charge in [-0.2, -0.15) is 13.2 Å². The number of ether oxygens (including phenoxy) is 1. The predicted octanol–water partition coefficient (Wildman–Crippen LogP) is 4.42. The van der Waals surface area contributed by atoms with Crippen LogP contribution >= 0.6 is 0 Å². The summed E-state index contributed by atoms with van der Waals surface area (Å²) in [6, 6.07) is 7.27. The van der Waals surface area contributed by atoms with E-state index in [1.54, 1.807) is 18.5 Å². The van der Waals surface area contributed by atoms with E-state index >= 15 is 0 Å². The summed E-state index contributed by atoms with van der Waals surface area (Å²) in [5.74, 6) is 0.680. The van der Waals surface area contributed by atoms with Gasteiger partial charge in [-0.15, -0.1) is 0 Å². The van der Waals surface area contributed by atoms with Gasteiger partial charge in [0.15, 0.2) is 0 Å². The van der Waals surface area contributed by atoms with Crippen LogP contribution in [0.5, 0.6) is 5.75 Å². The van der Waals surface area contributed by atoms with Crippen molar-refractivity contribution in [2.24, 2.45) is 0 Å². The van der Waals surface area contributed by atoms with Gasteiger partial charge in [-0.1, -0.05) is 18.2 Å². The summed E-state index contributed by atoms with van der Waals surface area (Å²) < 4.78 is 43.3. The van der Waals surface area contributed by atoms with E-state index in [9.17, 15) is 13.2 Å². The number of halogens is 3. The third kappa shape index (κ3) is 4.77. The lowest BCUT2D eigenvalue weighted by Gasteiger charge is -2.09. The highest BCUT2D eigenvalue weighted by Gasteiger charge is 2.30. The molecule has 2 aromatic rings. The molecule has 0 bridgehead atoms. The number of benzene rings is 1. The maximum atomic E-state index is 12.6. The fraction of sp³-hybridized carbons (Fsp3) is 0.312. The molecular formula is C16H16F3NO. The first kappa shape index (κ1) is 15.4. The Bertz CT molecular complexity index is 596. The normalized spacial score (nSPS) is 11.4. The molecule has 0 saturated carbocycles. The number of pyridine rings is 1. The molecule has 0 radical (unpaired) electrons. The fourth-order valence-corrected chi connectivity index (χ4v) is 1.98. The van der Waals surface area contributed by atoms with Crippen molar-refractivity contribution in [3.05, 3.63) is 59.4 Å². The summed E-state index contributed by atoms with van der Waals surface area (Å²) in [5, 5.41) is 0. The van der Waals surface area contributed by atoms with Crippen LogP contribution in [0.4, 0.5) is 13.2 Å². The predicted molar refractivity (Wildman–Crippen MR) is 74.2 cm³/mol. The zero-order valence-electron chi connectivity index (χ0n) is 11.7. The van der Waals surface area contributed by atoms with E-state index in [4.69, 9.17) is 4.74 Å². The molecule has 21 heavy (non-hydrogen) atoms. The van der Waals surface area contributed by atoms with Crippen LogP contribution < -0.4 is 4.74 Å². The van der Waals surface area contributed by atoms with Gasteiger partial charge in [-0.25, -0.2) is 0 Å². The van der Waals surface area contributed by atoms with E-state index in [2.05, 4.69) is 4.98 Å². The lowest BCUT2D eigenvalue weighted by atomic mass is 10.1. The minimum Gasteiger partial charge on any atom is -0.492 e. The lowest BCUT2D eigenvalue weighted by molar-refractivity contribution is -0.137. The summed E-state index contributed by atoms with van der Waals surface area (Å²) in [6.07, 6.45) is 0.255. The summed E-state index contributed by atoms with van der Waals surface area (Å²) in [4.78, 5) is 4.01. The Morgan fingerprint density at radius 1 is 1.14 bits per heavy atom. The van der Waals surface area contributed by atoms with Crippen LogP contribution in [0.25, 0.3) is 0 Å². The minimum absolute atomic E-state index is 0.446. The minimum atomic E-state index is -4.29. The van der Waals surface area contributed by atoms with E-state index in [1.165, 1.54) is 12.1 Å². The molecular weight excluding hydrogens is 279 g/mol. The maximum Gasteiger partial charge on any atom is 0.416 e. The SMILES string of the molecule is Cc1cncc(OCCCc2cccc(C(F)(F)F)c2)c1. The van der Waals surface area contributed by atoms with Crippen LogP contribution in [-0.2, 0) is 12.6 Å². The molecule has 2 rings (SSSR count). The number of hydrogen-bond donors (Lipinski definition) is 0. The van der Waals surface area contributed by atoms with Crippen molar-refractivity contribution in [1.29, 1.82) is 0 Å². The third-order valence-electron chi connectivity index (χ3n) is 2.98. The summed E-state index contributed by atoms with van der Waals surface area (Å²) in [7, 11) is 0. The summed E-state index contributed by atoms with van der Waals surface area (Å²) in [5.41, 5.74) is 1.06. The highest BCUT2D eigenvalue weighted by Crippen LogP contribution is 2.29. The van der Waals surface area contributed by atoms with Crippen molar-refractivity contribution < 1.29 is 17.9 Å². The molecule has 0 spiro atoms. The molecule has 1 aromatic carbocycles. The highest BCUT2D eigenvalue weighted by atomic mass is 19.4. The summed E-state index contributed by atoms with van der Waals surface area (Å²) in [6.45, 7) is 2.36. The smallest absolute Gasteiger partial charge is 0.416 e. The first-order valence-electron chi connectivity index (χ1n) is 6.66. The van der Waals surface area contributed by atoms with Crippen molar-refractivity contribution in [3.8, 4) is 5.75 Å². The topological polar surface area (TPSA) is 22.1 Å². The quantitative estimate of drug-likeness (QED) is 0.762. The Hall–Kier alpha value is -2.04. The molecule has 2 nitrogen and oxygen atoms in total. The molecule has 0 aliphatic rings. The number of nitrogens with zero attached hydrogens (tertiary/aromatic N) is 1. The van der Waals surface area contributed by atoms with E-state index < -0.39 is 11.7 Å². The van der Waals surface area contributed by atoms with E-state index in [1.807, 2.05) is 13.0 Å². The molecule has 0 aliphatic carbocycles. The van der Waals surface area contributed by atoms with Crippen molar-refractivity contribution >= 4 is 0 Å². The van der Waals surface area contributed by atoms with E-state index in [0.29, 0.717) is 30.8 Å². The first-order valence-corrected chi connectivity index (χ1v) is 6.66. The second-order valence-corrected chi connectivity index (χ2v) is 4.85. The Labute approximate surface area is 121 Å². The molecule has 0 atom stereocenters. The first-order chi connectivity index (χ1) is 9.95. The van der Waals surface area contributed by atoms with Crippen LogP contribution in [0.15, 0.2) is 42.7 Å². The third-order valence-corrected chi connectivity index (χ3v) is 2.98. The van der Waals surface area contributed by atoms with Crippen molar-refractivity contribution in [1.82, 2.24) is 4.98 Å². The van der Waals surface area contributed by atoms with Gasteiger partial charge in [-0.05, 0) is 43.0 Å². The Kier molecular flexibility index (Phi) is 4.83. The average Bonchev–Trinajstić information content (AvgIpc) is 2.43. The molecule has 0 amide bonds. The molecule has 0 fully saturated rings. The fourth-order valence-electron chi connectivity index (χ4n) is 1.98. The molecule has 0 N–H and O–H groups in total. The van der Waals surface area contributed by atoms with Gasteiger partial charge in [0.1, 0.15) is 5.75 Å². The molecule has 112 valence electrons. The standard InChI is InChI=1S/C16H16F3NO/c1-12-8-15(11-20-10-12)21-7-3-5-13-4-2-6-14(9-13)16(17,18)19/h2,4,6,8-11H,3,5,7H2,1H3. The largest absolute Gasteiger partial charge is 0.492 e. The Balaban J connectivity index is 1.84. The Morgan fingerprint density at radius 3 is 2.67 bits per heavy atom. The monoisotopic (exact) mass is 295 g/mol. The molecule has 0 aliphatic heterocycles. The van der Waals surface area contributed by atoms with Crippen molar-refractivity contribution in [2.75, 3.05) is 6.61 Å². The van der Waals surface area contributed by atoms with Crippen LogP contribution in [0.2, 0.25) is 0 Å². The number of aryl methyl sites for hydroxylation is 2. The number of hydrogen-bond acceptors (Lipinski definition) is 2. The van der Waals surface area contributed by atoms with Gasteiger partial charge < -0.3 is 4.74 Å². The van der Waals surface area contributed by atoms with Crippen LogP contribution in [-0.4, -0.2) is 11.6 Å². The zero-order chi connectivity index (χ0) is 15.3. The van der Waals surface area contributed by atoms with Gasteiger partial charge in [-0.3, -0.25) is 4.98 Å². The summed E-state index contributed by atoms with van der Waals surface area (Å²) >= 11 is 0. The maximum absolute atomic E-state index is 12.6. The molecule has 1 aromatic heterocycles. The highest BCUT2D eigenvalue weighted by molar-refractivity contribution is 5.26. The molecule has 1 heterocycles. The second kappa shape index (κ2) is 6.61. The lowest BCUT2D eigenvalue weighted by Crippen LogP contribution is -2.06. The van der Waals surface area contributed by atoms with Crippen molar-refractivity contribution in [3.63, 3.8) is 0 Å². The van der Waals surface area contributed by atoms with E-state index in [0.717, 1.165) is 11.6 Å².